The SMILES string of the molecule is COC1(c2n[nH]c(CCl)n2)CCC1. The minimum atomic E-state index is -0.235. The lowest BCUT2D eigenvalue weighted by Crippen LogP contribution is -2.37. The zero-order valence-electron chi connectivity index (χ0n) is 7.51. The number of H-pyrrole nitrogens is 1. The molecular weight excluding hydrogens is 190 g/mol. The molecule has 0 spiro atoms. The van der Waals surface area contributed by atoms with E-state index < -0.39 is 0 Å². The minimum Gasteiger partial charge on any atom is -0.370 e. The molecule has 1 heterocycles. The van der Waals surface area contributed by atoms with Crippen molar-refractivity contribution in [1.29, 1.82) is 0 Å². The summed E-state index contributed by atoms with van der Waals surface area (Å²) in [5.74, 6) is 1.82. The molecule has 4 nitrogen and oxygen atoms in total. The van der Waals surface area contributed by atoms with Crippen molar-refractivity contribution >= 4 is 11.6 Å². The van der Waals surface area contributed by atoms with Crippen LogP contribution in [0.15, 0.2) is 0 Å². The zero-order chi connectivity index (χ0) is 9.31. The second-order valence-electron chi connectivity index (χ2n) is 3.29. The Morgan fingerprint density at radius 3 is 2.77 bits per heavy atom. The number of ether oxygens (including phenoxy) is 1. The van der Waals surface area contributed by atoms with E-state index in [1.807, 2.05) is 0 Å². The van der Waals surface area contributed by atoms with Gasteiger partial charge in [-0.2, -0.15) is 5.10 Å². The Balaban J connectivity index is 2.23. The van der Waals surface area contributed by atoms with E-state index in [1.165, 1.54) is 6.42 Å². The maximum Gasteiger partial charge on any atom is 0.182 e. The van der Waals surface area contributed by atoms with E-state index in [0.717, 1.165) is 18.7 Å². The Hall–Kier alpha value is -0.610. The molecule has 0 radical (unpaired) electrons. The topological polar surface area (TPSA) is 50.8 Å². The summed E-state index contributed by atoms with van der Waals surface area (Å²) in [6.45, 7) is 0. The van der Waals surface area contributed by atoms with E-state index in [-0.39, 0.29) is 5.60 Å². The monoisotopic (exact) mass is 201 g/mol. The van der Waals surface area contributed by atoms with Crippen LogP contribution in [0, 0.1) is 0 Å². The van der Waals surface area contributed by atoms with Gasteiger partial charge in [0, 0.05) is 7.11 Å². The highest BCUT2D eigenvalue weighted by Crippen LogP contribution is 2.42. The van der Waals surface area contributed by atoms with Crippen molar-refractivity contribution in [3.63, 3.8) is 0 Å². The van der Waals surface area contributed by atoms with Gasteiger partial charge in [0.1, 0.15) is 11.4 Å². The summed E-state index contributed by atoms with van der Waals surface area (Å²) < 4.78 is 5.43. The number of aromatic nitrogens is 3. The number of aromatic amines is 1. The van der Waals surface area contributed by atoms with Gasteiger partial charge in [0.2, 0.25) is 0 Å². The molecule has 0 saturated heterocycles. The van der Waals surface area contributed by atoms with Crippen molar-refractivity contribution in [1.82, 2.24) is 15.2 Å². The Kier molecular flexibility index (Phi) is 2.26. The summed E-state index contributed by atoms with van der Waals surface area (Å²) >= 11 is 5.62. The highest BCUT2D eigenvalue weighted by molar-refractivity contribution is 6.16. The molecule has 2 rings (SSSR count). The van der Waals surface area contributed by atoms with Crippen LogP contribution in [0.4, 0.5) is 0 Å². The first-order chi connectivity index (χ1) is 6.30. The summed E-state index contributed by atoms with van der Waals surface area (Å²) in [7, 11) is 1.70. The molecule has 1 saturated carbocycles. The fourth-order valence-corrected chi connectivity index (χ4v) is 1.70. The van der Waals surface area contributed by atoms with E-state index in [2.05, 4.69) is 15.2 Å². The second-order valence-corrected chi connectivity index (χ2v) is 3.56. The molecule has 0 bridgehead atoms. The lowest BCUT2D eigenvalue weighted by atomic mass is 9.79. The Bertz CT molecular complexity index is 290. The standard InChI is InChI=1S/C8H12ClN3O/c1-13-8(3-2-4-8)7-10-6(5-9)11-12-7/h2-5H2,1H3,(H,10,11,12). The number of rotatable bonds is 3. The van der Waals surface area contributed by atoms with Gasteiger partial charge in [-0.05, 0) is 19.3 Å². The van der Waals surface area contributed by atoms with Crippen LogP contribution < -0.4 is 0 Å². The maximum atomic E-state index is 5.62. The van der Waals surface area contributed by atoms with Gasteiger partial charge in [-0.25, -0.2) is 4.98 Å². The smallest absolute Gasteiger partial charge is 0.182 e. The second kappa shape index (κ2) is 3.27. The van der Waals surface area contributed by atoms with Gasteiger partial charge in [-0.3, -0.25) is 5.10 Å². The average molecular weight is 202 g/mol. The summed E-state index contributed by atoms with van der Waals surface area (Å²) in [4.78, 5) is 4.27. The van der Waals surface area contributed by atoms with Gasteiger partial charge in [0.25, 0.3) is 0 Å². The fourth-order valence-electron chi connectivity index (χ4n) is 1.58. The predicted molar refractivity (Wildman–Crippen MR) is 48.5 cm³/mol. The first-order valence-corrected chi connectivity index (χ1v) is 4.87. The van der Waals surface area contributed by atoms with E-state index >= 15 is 0 Å². The number of alkyl halides is 1. The van der Waals surface area contributed by atoms with Crippen LogP contribution in [0.25, 0.3) is 0 Å². The van der Waals surface area contributed by atoms with Crippen molar-refractivity contribution in [3.8, 4) is 0 Å². The Morgan fingerprint density at radius 1 is 1.62 bits per heavy atom. The molecule has 0 aliphatic heterocycles. The van der Waals surface area contributed by atoms with Crippen LogP contribution in [-0.2, 0) is 16.2 Å². The van der Waals surface area contributed by atoms with Gasteiger partial charge < -0.3 is 4.74 Å². The first kappa shape index (κ1) is 8.97. The molecule has 1 aliphatic rings. The number of nitrogens with zero attached hydrogens (tertiary/aromatic N) is 2. The van der Waals surface area contributed by atoms with E-state index in [9.17, 15) is 0 Å². The summed E-state index contributed by atoms with van der Waals surface area (Å²) in [6.07, 6.45) is 3.19. The van der Waals surface area contributed by atoms with E-state index in [0.29, 0.717) is 11.7 Å². The van der Waals surface area contributed by atoms with E-state index in [4.69, 9.17) is 16.3 Å². The summed E-state index contributed by atoms with van der Waals surface area (Å²) in [5.41, 5.74) is -0.235. The fraction of sp³-hybridized carbons (Fsp3) is 0.750. The maximum absolute atomic E-state index is 5.62. The molecule has 72 valence electrons. The molecule has 0 aromatic carbocycles. The average Bonchev–Trinajstić information content (AvgIpc) is 2.52. The number of nitrogens with one attached hydrogen (secondary N) is 1. The third kappa shape index (κ3) is 1.34. The van der Waals surface area contributed by atoms with E-state index in [1.54, 1.807) is 7.11 Å². The molecular formula is C8H12ClN3O. The van der Waals surface area contributed by atoms with Crippen molar-refractivity contribution < 1.29 is 4.74 Å². The molecule has 1 aromatic heterocycles. The van der Waals surface area contributed by atoms with Crippen LogP contribution in [0.1, 0.15) is 30.9 Å². The predicted octanol–water partition coefficient (Wildman–Crippen LogP) is 1.57. The van der Waals surface area contributed by atoms with Gasteiger partial charge in [-0.15, -0.1) is 11.6 Å². The molecule has 0 atom stereocenters. The molecule has 13 heavy (non-hydrogen) atoms. The number of hydrogen-bond acceptors (Lipinski definition) is 3. The Labute approximate surface area is 81.6 Å². The van der Waals surface area contributed by atoms with Crippen molar-refractivity contribution in [2.24, 2.45) is 0 Å². The molecule has 5 heteroatoms. The lowest BCUT2D eigenvalue weighted by Gasteiger charge is -2.37. The Morgan fingerprint density at radius 2 is 2.38 bits per heavy atom. The van der Waals surface area contributed by atoms with Crippen LogP contribution in [0.2, 0.25) is 0 Å². The van der Waals surface area contributed by atoms with Gasteiger partial charge >= 0.3 is 0 Å². The van der Waals surface area contributed by atoms with Gasteiger partial charge in [0.05, 0.1) is 5.88 Å². The highest BCUT2D eigenvalue weighted by atomic mass is 35.5. The third-order valence-electron chi connectivity index (χ3n) is 2.62. The first-order valence-electron chi connectivity index (χ1n) is 4.33. The number of halogens is 1. The molecule has 0 unspecified atom stereocenters. The summed E-state index contributed by atoms with van der Waals surface area (Å²) in [5, 5.41) is 6.90. The van der Waals surface area contributed by atoms with Crippen LogP contribution in [0.3, 0.4) is 0 Å². The molecule has 1 aliphatic carbocycles. The molecule has 1 N–H and O–H groups in total. The third-order valence-corrected chi connectivity index (χ3v) is 2.87. The number of methoxy groups -OCH3 is 1. The van der Waals surface area contributed by atoms with Crippen LogP contribution in [-0.4, -0.2) is 22.3 Å². The van der Waals surface area contributed by atoms with Crippen molar-refractivity contribution in [2.45, 2.75) is 30.7 Å². The highest BCUT2D eigenvalue weighted by Gasteiger charge is 2.42. The van der Waals surface area contributed by atoms with Gasteiger partial charge in [-0.1, -0.05) is 0 Å². The molecule has 0 amide bonds. The molecule has 1 aromatic rings. The normalized spacial score (nSPS) is 19.8. The quantitative estimate of drug-likeness (QED) is 0.756. The number of hydrogen-bond donors (Lipinski definition) is 1. The zero-order valence-corrected chi connectivity index (χ0v) is 8.26. The molecule has 1 fully saturated rings. The minimum absolute atomic E-state index is 0.235. The summed E-state index contributed by atoms with van der Waals surface area (Å²) in [6, 6.07) is 0. The van der Waals surface area contributed by atoms with Crippen LogP contribution >= 0.6 is 11.6 Å². The largest absolute Gasteiger partial charge is 0.370 e. The lowest BCUT2D eigenvalue weighted by molar-refractivity contribution is -0.0844. The van der Waals surface area contributed by atoms with Crippen LogP contribution in [0.5, 0.6) is 0 Å². The van der Waals surface area contributed by atoms with Crippen molar-refractivity contribution in [3.05, 3.63) is 11.6 Å². The van der Waals surface area contributed by atoms with Crippen molar-refractivity contribution in [2.75, 3.05) is 7.11 Å². The van der Waals surface area contributed by atoms with Gasteiger partial charge in [0.15, 0.2) is 5.82 Å².